The normalized spacial score (nSPS) is 18.0. The number of hydrogen-bond donors (Lipinski definition) is 0. The molecule has 1 aliphatic heterocycles. The number of amides is 1. The van der Waals surface area contributed by atoms with Gasteiger partial charge in [-0.3, -0.25) is 4.79 Å². The topological polar surface area (TPSA) is 46.1 Å². The number of hydrogen-bond acceptors (Lipinski definition) is 4. The first-order chi connectivity index (χ1) is 11.5. The number of carbonyl (C=O) groups is 1. The van der Waals surface area contributed by atoms with Crippen molar-refractivity contribution in [1.82, 2.24) is 14.5 Å². The molecule has 1 fully saturated rings. The van der Waals surface area contributed by atoms with Crippen LogP contribution < -0.4 is 0 Å². The van der Waals surface area contributed by atoms with Gasteiger partial charge in [-0.15, -0.1) is 5.10 Å². The Kier molecular flexibility index (Phi) is 5.18. The first-order valence-electron chi connectivity index (χ1n) is 8.06. The molecule has 1 aromatic carbocycles. The van der Waals surface area contributed by atoms with Crippen LogP contribution in [0.15, 0.2) is 18.2 Å². The monoisotopic (exact) mass is 351 g/mol. The Labute approximate surface area is 143 Å². The maximum Gasteiger partial charge on any atom is 0.267 e. The summed E-state index contributed by atoms with van der Waals surface area (Å²) in [5.41, 5.74) is 1.20. The van der Waals surface area contributed by atoms with E-state index >= 15 is 0 Å². The van der Waals surface area contributed by atoms with Crippen LogP contribution in [0, 0.1) is 24.5 Å². The number of aryl methyl sites for hydroxylation is 2. The Bertz CT molecular complexity index is 734. The second-order valence-electron chi connectivity index (χ2n) is 6.22. The van der Waals surface area contributed by atoms with E-state index in [9.17, 15) is 13.6 Å². The van der Waals surface area contributed by atoms with Gasteiger partial charge in [0.15, 0.2) is 0 Å². The summed E-state index contributed by atoms with van der Waals surface area (Å²) in [5, 5.41) is 3.89. The van der Waals surface area contributed by atoms with Crippen LogP contribution in [0.3, 0.4) is 0 Å². The summed E-state index contributed by atoms with van der Waals surface area (Å²) in [4.78, 5) is 15.0. The molecule has 1 aliphatic rings. The fourth-order valence-electron chi connectivity index (χ4n) is 3.14. The highest BCUT2D eigenvalue weighted by Crippen LogP contribution is 2.25. The maximum atomic E-state index is 13.7. The average Bonchev–Trinajstić information content (AvgIpc) is 3.00. The largest absolute Gasteiger partial charge is 0.338 e. The van der Waals surface area contributed by atoms with Crippen LogP contribution in [0.4, 0.5) is 8.78 Å². The van der Waals surface area contributed by atoms with Gasteiger partial charge in [-0.1, -0.05) is 10.6 Å². The molecule has 0 aliphatic carbocycles. The summed E-state index contributed by atoms with van der Waals surface area (Å²) in [6.45, 7) is 3.19. The second kappa shape index (κ2) is 7.34. The van der Waals surface area contributed by atoms with Crippen LogP contribution in [0.25, 0.3) is 0 Å². The van der Waals surface area contributed by atoms with E-state index in [-0.39, 0.29) is 5.91 Å². The summed E-state index contributed by atoms with van der Waals surface area (Å²) < 4.78 is 30.5. The smallest absolute Gasteiger partial charge is 0.267 e. The van der Waals surface area contributed by atoms with Crippen molar-refractivity contribution in [3.8, 4) is 0 Å². The van der Waals surface area contributed by atoms with Gasteiger partial charge in [0.2, 0.25) is 0 Å². The minimum atomic E-state index is -0.556. The molecule has 0 radical (unpaired) electrons. The molecule has 2 aromatic rings. The second-order valence-corrected chi connectivity index (χ2v) is 6.98. The molecule has 1 aromatic heterocycles. The Hall–Kier alpha value is -1.89. The van der Waals surface area contributed by atoms with Gasteiger partial charge < -0.3 is 4.90 Å². The number of halogens is 2. The van der Waals surface area contributed by atoms with E-state index < -0.39 is 11.6 Å². The number of carbonyl (C=O) groups excluding carboxylic acids is 1. The zero-order chi connectivity index (χ0) is 17.1. The standard InChI is InChI=1S/C17H19F2N3OS/c1-11-16(24-21-20-11)17(23)22-8-2-3-12(10-22)4-5-13-6-7-14(18)9-15(13)19/h6-7,9,12H,2-5,8,10H2,1H3/t12-/m0/s1. The Balaban J connectivity index is 1.59. The molecule has 1 amide bonds. The highest BCUT2D eigenvalue weighted by molar-refractivity contribution is 7.07. The lowest BCUT2D eigenvalue weighted by molar-refractivity contribution is 0.0672. The number of benzene rings is 1. The van der Waals surface area contributed by atoms with Gasteiger partial charge in [-0.05, 0) is 61.7 Å². The predicted molar refractivity (Wildman–Crippen MR) is 88.0 cm³/mol. The minimum Gasteiger partial charge on any atom is -0.338 e. The van der Waals surface area contributed by atoms with Gasteiger partial charge in [0.05, 0.1) is 5.69 Å². The fraction of sp³-hybridized carbons (Fsp3) is 0.471. The van der Waals surface area contributed by atoms with Crippen molar-refractivity contribution in [2.24, 2.45) is 5.92 Å². The molecular weight excluding hydrogens is 332 g/mol. The van der Waals surface area contributed by atoms with Crippen LogP contribution in [0.2, 0.25) is 0 Å². The van der Waals surface area contributed by atoms with Crippen LogP contribution >= 0.6 is 11.5 Å². The maximum absolute atomic E-state index is 13.7. The van der Waals surface area contributed by atoms with Gasteiger partial charge in [0.25, 0.3) is 5.91 Å². The summed E-state index contributed by atoms with van der Waals surface area (Å²) >= 11 is 1.13. The van der Waals surface area contributed by atoms with Crippen molar-refractivity contribution >= 4 is 17.4 Å². The third-order valence-corrected chi connectivity index (χ3v) is 5.30. The summed E-state index contributed by atoms with van der Waals surface area (Å²) in [7, 11) is 0. The minimum absolute atomic E-state index is 0.0137. The van der Waals surface area contributed by atoms with Crippen LogP contribution in [-0.2, 0) is 6.42 Å². The van der Waals surface area contributed by atoms with E-state index in [4.69, 9.17) is 0 Å². The molecule has 3 rings (SSSR count). The zero-order valence-corrected chi connectivity index (χ0v) is 14.3. The van der Waals surface area contributed by atoms with E-state index in [1.165, 1.54) is 12.1 Å². The van der Waals surface area contributed by atoms with Crippen molar-refractivity contribution in [3.05, 3.63) is 46.0 Å². The van der Waals surface area contributed by atoms with Crippen molar-refractivity contribution in [2.45, 2.75) is 32.6 Å². The van der Waals surface area contributed by atoms with Crippen LogP contribution in [0.5, 0.6) is 0 Å². The molecule has 1 saturated heterocycles. The molecule has 0 N–H and O–H groups in total. The fourth-order valence-corrected chi connectivity index (χ4v) is 3.77. The van der Waals surface area contributed by atoms with Crippen molar-refractivity contribution in [3.63, 3.8) is 0 Å². The molecule has 2 heterocycles. The highest BCUT2D eigenvalue weighted by Gasteiger charge is 2.26. The van der Waals surface area contributed by atoms with Gasteiger partial charge in [0, 0.05) is 19.2 Å². The molecule has 0 spiro atoms. The number of rotatable bonds is 4. The number of likely N-dealkylation sites (tertiary alicyclic amines) is 1. The molecule has 0 saturated carbocycles. The molecule has 24 heavy (non-hydrogen) atoms. The first-order valence-corrected chi connectivity index (χ1v) is 8.84. The number of piperidine rings is 1. The van der Waals surface area contributed by atoms with Gasteiger partial charge in [-0.25, -0.2) is 8.78 Å². The third kappa shape index (κ3) is 3.77. The molecule has 0 bridgehead atoms. The van der Waals surface area contributed by atoms with Gasteiger partial charge in [-0.2, -0.15) is 0 Å². The van der Waals surface area contributed by atoms with E-state index in [1.54, 1.807) is 6.92 Å². The van der Waals surface area contributed by atoms with Crippen LogP contribution in [-0.4, -0.2) is 33.5 Å². The molecular formula is C17H19F2N3OS. The quantitative estimate of drug-likeness (QED) is 0.845. The van der Waals surface area contributed by atoms with E-state index in [0.717, 1.165) is 43.4 Å². The van der Waals surface area contributed by atoms with E-state index in [2.05, 4.69) is 9.59 Å². The van der Waals surface area contributed by atoms with Gasteiger partial charge in [0.1, 0.15) is 16.5 Å². The molecule has 1 atom stereocenters. The van der Waals surface area contributed by atoms with E-state index in [1.807, 2.05) is 4.90 Å². The SMILES string of the molecule is Cc1nnsc1C(=O)N1CCC[C@@H](CCc2ccc(F)cc2F)C1. The third-order valence-electron chi connectivity index (χ3n) is 4.49. The molecule has 4 nitrogen and oxygen atoms in total. The Morgan fingerprint density at radius 3 is 2.96 bits per heavy atom. The summed E-state index contributed by atoms with van der Waals surface area (Å²) in [5.74, 6) is -0.738. The first kappa shape index (κ1) is 17.0. The van der Waals surface area contributed by atoms with Crippen molar-refractivity contribution < 1.29 is 13.6 Å². The van der Waals surface area contributed by atoms with Crippen molar-refractivity contribution in [2.75, 3.05) is 13.1 Å². The van der Waals surface area contributed by atoms with E-state index in [0.29, 0.717) is 35.0 Å². The lowest BCUT2D eigenvalue weighted by Crippen LogP contribution is -2.40. The predicted octanol–water partition coefficient (Wildman–Crippen LogP) is 3.61. The number of aromatic nitrogens is 2. The zero-order valence-electron chi connectivity index (χ0n) is 13.5. The van der Waals surface area contributed by atoms with Crippen LogP contribution in [0.1, 0.15) is 40.2 Å². The number of nitrogens with zero attached hydrogens (tertiary/aromatic N) is 3. The van der Waals surface area contributed by atoms with Gasteiger partial charge >= 0.3 is 0 Å². The van der Waals surface area contributed by atoms with Crippen molar-refractivity contribution in [1.29, 1.82) is 0 Å². The lowest BCUT2D eigenvalue weighted by Gasteiger charge is -2.32. The summed E-state index contributed by atoms with van der Waals surface area (Å²) in [6, 6.07) is 3.71. The average molecular weight is 351 g/mol. The molecule has 0 unspecified atom stereocenters. The highest BCUT2D eigenvalue weighted by atomic mass is 32.1. The molecule has 7 heteroatoms. The molecule has 128 valence electrons. The lowest BCUT2D eigenvalue weighted by atomic mass is 9.91. The summed E-state index contributed by atoms with van der Waals surface area (Å²) in [6.07, 6.45) is 3.30. The Morgan fingerprint density at radius 2 is 2.25 bits per heavy atom. The Morgan fingerprint density at radius 1 is 1.42 bits per heavy atom.